The molecule has 2 aromatic carbocycles. The normalized spacial score (nSPS) is 15.2. The van der Waals surface area contributed by atoms with Gasteiger partial charge in [-0.05, 0) is 81.6 Å². The van der Waals surface area contributed by atoms with E-state index in [0.29, 0.717) is 23.4 Å². The zero-order chi connectivity index (χ0) is 25.3. The highest BCUT2D eigenvalue weighted by Crippen LogP contribution is 2.32. The molecular formula is C28H25F3N4O. The number of nitrogens with zero attached hydrogens (tertiary/aromatic N) is 4. The van der Waals surface area contributed by atoms with E-state index in [1.54, 1.807) is 25.3 Å². The molecular weight excluding hydrogens is 465 g/mol. The van der Waals surface area contributed by atoms with Crippen LogP contribution >= 0.6 is 0 Å². The van der Waals surface area contributed by atoms with Gasteiger partial charge in [0.1, 0.15) is 17.3 Å². The molecule has 0 radical (unpaired) electrons. The van der Waals surface area contributed by atoms with Gasteiger partial charge in [0.05, 0.1) is 34.2 Å². The summed E-state index contributed by atoms with van der Waals surface area (Å²) in [4.78, 5) is 13.6. The quantitative estimate of drug-likeness (QED) is 0.212. The van der Waals surface area contributed by atoms with Crippen molar-refractivity contribution in [2.45, 2.75) is 45.3 Å². The molecule has 0 unspecified atom stereocenters. The fourth-order valence-electron chi connectivity index (χ4n) is 4.12. The van der Waals surface area contributed by atoms with Crippen molar-refractivity contribution < 1.29 is 17.9 Å². The van der Waals surface area contributed by atoms with E-state index in [1.165, 1.54) is 12.5 Å². The van der Waals surface area contributed by atoms with Gasteiger partial charge >= 0.3 is 6.18 Å². The first kappa shape index (κ1) is 23.8. The average Bonchev–Trinajstić information content (AvgIpc) is 3.24. The summed E-state index contributed by atoms with van der Waals surface area (Å²) >= 11 is 0. The predicted molar refractivity (Wildman–Crippen MR) is 136 cm³/mol. The van der Waals surface area contributed by atoms with E-state index in [0.717, 1.165) is 47.3 Å². The van der Waals surface area contributed by atoms with Crippen molar-refractivity contribution in [3.8, 4) is 11.5 Å². The third-order valence-electron chi connectivity index (χ3n) is 6.26. The van der Waals surface area contributed by atoms with Crippen molar-refractivity contribution in [1.29, 1.82) is 0 Å². The van der Waals surface area contributed by atoms with E-state index >= 15 is 0 Å². The van der Waals surface area contributed by atoms with Crippen molar-refractivity contribution in [3.63, 3.8) is 0 Å². The average molecular weight is 491 g/mol. The number of aromatic nitrogens is 2. The Morgan fingerprint density at radius 2 is 1.81 bits per heavy atom. The second-order valence-corrected chi connectivity index (χ2v) is 8.89. The van der Waals surface area contributed by atoms with Crippen molar-refractivity contribution in [2.24, 2.45) is 9.98 Å². The van der Waals surface area contributed by atoms with Crippen LogP contribution < -0.4 is 4.74 Å². The highest BCUT2D eigenvalue weighted by molar-refractivity contribution is 5.97. The van der Waals surface area contributed by atoms with E-state index in [1.807, 2.05) is 48.0 Å². The lowest BCUT2D eigenvalue weighted by molar-refractivity contribution is -0.137. The van der Waals surface area contributed by atoms with Crippen LogP contribution in [-0.2, 0) is 6.18 Å². The molecule has 0 amide bonds. The summed E-state index contributed by atoms with van der Waals surface area (Å²) in [7, 11) is 0. The molecule has 184 valence electrons. The second kappa shape index (κ2) is 9.60. The molecule has 0 saturated heterocycles. The number of pyridine rings is 1. The molecule has 4 aromatic rings. The largest absolute Gasteiger partial charge is 0.457 e. The molecule has 0 N–H and O–H groups in total. The van der Waals surface area contributed by atoms with Crippen LogP contribution in [0.3, 0.4) is 0 Å². The fourth-order valence-corrected chi connectivity index (χ4v) is 4.12. The van der Waals surface area contributed by atoms with E-state index in [-0.39, 0.29) is 5.69 Å². The van der Waals surface area contributed by atoms with E-state index in [4.69, 9.17) is 9.73 Å². The molecule has 1 fully saturated rings. The van der Waals surface area contributed by atoms with E-state index < -0.39 is 11.7 Å². The Labute approximate surface area is 207 Å². The van der Waals surface area contributed by atoms with Crippen molar-refractivity contribution in [3.05, 3.63) is 84.3 Å². The fraction of sp³-hybridized carbons (Fsp3) is 0.250. The number of halogens is 3. The number of aliphatic imine (C=N–C) groups is 2. The molecule has 0 aliphatic heterocycles. The first-order valence-electron chi connectivity index (χ1n) is 11.8. The van der Waals surface area contributed by atoms with Crippen molar-refractivity contribution in [2.75, 3.05) is 0 Å². The zero-order valence-corrected chi connectivity index (χ0v) is 20.0. The van der Waals surface area contributed by atoms with Gasteiger partial charge < -0.3 is 9.30 Å². The lowest BCUT2D eigenvalue weighted by Crippen LogP contribution is -2.17. The highest BCUT2D eigenvalue weighted by Gasteiger charge is 2.30. The third-order valence-corrected chi connectivity index (χ3v) is 6.26. The monoisotopic (exact) mass is 490 g/mol. The SMILES string of the molecule is CC(=NC1CCC1)c1cc(Oc2ccc3c(ccn3C(C)=Nc3cccc(C(F)(F)F)c3)c2)ccn1. The number of hydrogen-bond acceptors (Lipinski definition) is 4. The molecule has 5 rings (SSSR count). The number of rotatable bonds is 5. The summed E-state index contributed by atoms with van der Waals surface area (Å²) in [5.74, 6) is 1.89. The molecule has 36 heavy (non-hydrogen) atoms. The summed E-state index contributed by atoms with van der Waals surface area (Å²) in [5, 5.41) is 0.920. The minimum absolute atomic E-state index is 0.244. The lowest BCUT2D eigenvalue weighted by atomic mass is 9.93. The number of hydrogen-bond donors (Lipinski definition) is 0. The molecule has 2 heterocycles. The van der Waals surface area contributed by atoms with Gasteiger partial charge in [-0.15, -0.1) is 0 Å². The number of ether oxygens (including phenoxy) is 1. The molecule has 5 nitrogen and oxygen atoms in total. The molecule has 8 heteroatoms. The third kappa shape index (κ3) is 5.17. The number of benzene rings is 2. The first-order chi connectivity index (χ1) is 17.3. The van der Waals surface area contributed by atoms with Crippen LogP contribution in [0, 0.1) is 0 Å². The summed E-state index contributed by atoms with van der Waals surface area (Å²) in [6.07, 6.45) is 2.65. The van der Waals surface area contributed by atoms with E-state index in [2.05, 4.69) is 9.98 Å². The topological polar surface area (TPSA) is 51.8 Å². The zero-order valence-electron chi connectivity index (χ0n) is 20.0. The van der Waals surface area contributed by atoms with Crippen molar-refractivity contribution in [1.82, 2.24) is 9.55 Å². The van der Waals surface area contributed by atoms with Gasteiger partial charge in [-0.25, -0.2) is 4.99 Å². The van der Waals surface area contributed by atoms with Crippen LogP contribution in [0.5, 0.6) is 11.5 Å². The highest BCUT2D eigenvalue weighted by atomic mass is 19.4. The van der Waals surface area contributed by atoms with Crippen LogP contribution in [0.4, 0.5) is 18.9 Å². The maximum Gasteiger partial charge on any atom is 0.416 e. The maximum atomic E-state index is 13.0. The second-order valence-electron chi connectivity index (χ2n) is 8.89. The van der Waals surface area contributed by atoms with Crippen LogP contribution in [0.1, 0.15) is 44.4 Å². The van der Waals surface area contributed by atoms with Crippen LogP contribution in [0.25, 0.3) is 10.9 Å². The minimum atomic E-state index is -4.41. The van der Waals surface area contributed by atoms with Gasteiger partial charge in [-0.1, -0.05) is 6.07 Å². The Morgan fingerprint density at radius 1 is 1.00 bits per heavy atom. The standard InChI is InChI=1S/C28H25F3N4O/c1-18(33-22-6-4-7-22)26-17-25(11-13-32-26)36-24-9-10-27-20(15-24)12-14-35(27)19(2)34-23-8-3-5-21(16-23)28(29,30)31/h3,5,8-17,22H,4,6-7H2,1-2H3. The Bertz CT molecular complexity index is 1470. The Kier molecular flexibility index (Phi) is 6.35. The molecule has 2 aromatic heterocycles. The summed E-state index contributed by atoms with van der Waals surface area (Å²) in [5.41, 5.74) is 2.10. The van der Waals surface area contributed by atoms with Crippen LogP contribution in [-0.4, -0.2) is 27.1 Å². The summed E-state index contributed by atoms with van der Waals surface area (Å²) in [6.45, 7) is 3.73. The van der Waals surface area contributed by atoms with Crippen LogP contribution in [0.15, 0.2) is 83.0 Å². The molecule has 1 aliphatic carbocycles. The number of fused-ring (bicyclic) bond motifs is 1. The molecule has 0 bridgehead atoms. The Morgan fingerprint density at radius 3 is 2.56 bits per heavy atom. The van der Waals surface area contributed by atoms with Crippen LogP contribution in [0.2, 0.25) is 0 Å². The predicted octanol–water partition coefficient (Wildman–Crippen LogP) is 7.81. The van der Waals surface area contributed by atoms with Crippen molar-refractivity contribution >= 4 is 28.1 Å². The van der Waals surface area contributed by atoms with E-state index in [9.17, 15) is 13.2 Å². The van der Waals surface area contributed by atoms with Gasteiger partial charge in [-0.3, -0.25) is 9.98 Å². The maximum absolute atomic E-state index is 13.0. The molecule has 1 saturated carbocycles. The number of alkyl halides is 3. The molecule has 0 spiro atoms. The molecule has 0 atom stereocenters. The van der Waals surface area contributed by atoms with Gasteiger partial charge in [0, 0.05) is 23.8 Å². The van der Waals surface area contributed by atoms with Gasteiger partial charge in [0.2, 0.25) is 0 Å². The first-order valence-corrected chi connectivity index (χ1v) is 11.8. The van der Waals surface area contributed by atoms with Gasteiger partial charge in [-0.2, -0.15) is 13.2 Å². The summed E-state index contributed by atoms with van der Waals surface area (Å²) in [6, 6.07) is 16.7. The molecule has 1 aliphatic rings. The smallest absolute Gasteiger partial charge is 0.416 e. The lowest BCUT2D eigenvalue weighted by Gasteiger charge is -2.21. The Hall–Kier alpha value is -3.94. The Balaban J connectivity index is 1.36. The summed E-state index contributed by atoms with van der Waals surface area (Å²) < 4.78 is 47.0. The minimum Gasteiger partial charge on any atom is -0.457 e. The van der Waals surface area contributed by atoms with Gasteiger partial charge in [0.15, 0.2) is 0 Å². The van der Waals surface area contributed by atoms with Gasteiger partial charge in [0.25, 0.3) is 0 Å².